The molecule has 0 radical (unpaired) electrons. The van der Waals surface area contributed by atoms with Gasteiger partial charge in [0.25, 0.3) is 5.91 Å². The largest absolute Gasteiger partial charge is 0.484 e. The summed E-state index contributed by atoms with van der Waals surface area (Å²) >= 11 is 1.18. The van der Waals surface area contributed by atoms with Crippen molar-refractivity contribution in [2.24, 2.45) is 0 Å². The Morgan fingerprint density at radius 3 is 2.88 bits per heavy atom. The van der Waals surface area contributed by atoms with Crippen LogP contribution in [0.5, 0.6) is 5.75 Å². The molecule has 130 valence electrons. The minimum absolute atomic E-state index is 0.00186. The molecule has 11 heteroatoms. The van der Waals surface area contributed by atoms with Gasteiger partial charge in [-0.3, -0.25) is 4.79 Å². The van der Waals surface area contributed by atoms with Gasteiger partial charge < -0.3 is 10.1 Å². The third kappa shape index (κ3) is 4.32. The summed E-state index contributed by atoms with van der Waals surface area (Å²) in [6.07, 6.45) is -3.08. The van der Waals surface area contributed by atoms with Crippen LogP contribution in [0.25, 0.3) is 5.69 Å². The van der Waals surface area contributed by atoms with Gasteiger partial charge in [0.05, 0.1) is 5.69 Å². The van der Waals surface area contributed by atoms with Crippen LogP contribution in [0.2, 0.25) is 0 Å². The molecule has 0 aliphatic carbocycles. The van der Waals surface area contributed by atoms with Crippen LogP contribution < -0.4 is 10.1 Å². The second-order valence-corrected chi connectivity index (χ2v) is 5.69. The maximum atomic E-state index is 12.4. The van der Waals surface area contributed by atoms with E-state index in [4.69, 9.17) is 0 Å². The second-order valence-electron chi connectivity index (χ2n) is 4.78. The number of nitrogens with one attached hydrogen (secondary N) is 1. The van der Waals surface area contributed by atoms with Crippen molar-refractivity contribution < 1.29 is 22.7 Å². The van der Waals surface area contributed by atoms with E-state index in [-0.39, 0.29) is 5.75 Å². The fourth-order valence-electron chi connectivity index (χ4n) is 1.94. The van der Waals surface area contributed by atoms with E-state index < -0.39 is 18.7 Å². The molecule has 1 N–H and O–H groups in total. The Balaban J connectivity index is 1.73. The Morgan fingerprint density at radius 1 is 1.32 bits per heavy atom. The van der Waals surface area contributed by atoms with Crippen molar-refractivity contribution in [1.82, 2.24) is 20.2 Å². The highest BCUT2D eigenvalue weighted by molar-refractivity contribution is 7.12. The molecule has 7 nitrogen and oxygen atoms in total. The van der Waals surface area contributed by atoms with Crippen LogP contribution in [0.1, 0.15) is 9.67 Å². The lowest BCUT2D eigenvalue weighted by molar-refractivity contribution is -0.153. The van der Waals surface area contributed by atoms with Crippen LogP contribution in [-0.4, -0.2) is 38.9 Å². The van der Waals surface area contributed by atoms with E-state index >= 15 is 0 Å². The number of hydrogen-bond acceptors (Lipinski definition) is 6. The molecule has 2 heterocycles. The highest BCUT2D eigenvalue weighted by Crippen LogP contribution is 2.24. The van der Waals surface area contributed by atoms with Crippen LogP contribution >= 0.6 is 11.3 Å². The number of amides is 1. The number of carbonyl (C=O) groups excluding carboxylic acids is 1. The third-order valence-corrected chi connectivity index (χ3v) is 3.84. The quantitative estimate of drug-likeness (QED) is 0.748. The van der Waals surface area contributed by atoms with Crippen LogP contribution in [-0.2, 0) is 0 Å². The molecule has 0 aliphatic rings. The molecule has 0 saturated carbocycles. The molecule has 0 atom stereocenters. The molecule has 0 fully saturated rings. The summed E-state index contributed by atoms with van der Waals surface area (Å²) in [6.45, 7) is -1.40. The number of ether oxygens (including phenoxy) is 1. The van der Waals surface area contributed by atoms with Gasteiger partial charge in [0.15, 0.2) is 6.61 Å². The first-order chi connectivity index (χ1) is 11.9. The zero-order chi connectivity index (χ0) is 17.9. The number of tetrazole rings is 1. The number of rotatable bonds is 5. The van der Waals surface area contributed by atoms with Crippen molar-refractivity contribution in [3.05, 3.63) is 46.9 Å². The normalized spacial score (nSPS) is 11.3. The van der Waals surface area contributed by atoms with Crippen molar-refractivity contribution in [2.75, 3.05) is 11.9 Å². The van der Waals surface area contributed by atoms with E-state index in [0.29, 0.717) is 16.3 Å². The fourth-order valence-corrected chi connectivity index (χ4v) is 2.71. The van der Waals surface area contributed by atoms with Gasteiger partial charge in [0.1, 0.15) is 17.0 Å². The minimum Gasteiger partial charge on any atom is -0.484 e. The lowest BCUT2D eigenvalue weighted by atomic mass is 10.3. The van der Waals surface area contributed by atoms with Crippen molar-refractivity contribution in [3.63, 3.8) is 0 Å². The molecule has 3 aromatic rings. The van der Waals surface area contributed by atoms with Crippen molar-refractivity contribution in [1.29, 1.82) is 0 Å². The van der Waals surface area contributed by atoms with Crippen LogP contribution in [0, 0.1) is 0 Å². The molecular weight excluding hydrogens is 359 g/mol. The summed E-state index contributed by atoms with van der Waals surface area (Å²) in [5, 5.41) is 15.1. The molecule has 2 aromatic heterocycles. The number of halogens is 3. The highest BCUT2D eigenvalue weighted by Gasteiger charge is 2.28. The first-order valence-corrected chi connectivity index (χ1v) is 7.72. The molecule has 0 spiro atoms. The van der Waals surface area contributed by atoms with Crippen LogP contribution in [0.4, 0.5) is 18.9 Å². The summed E-state index contributed by atoms with van der Waals surface area (Å²) in [5.41, 5.74) is 0.803. The molecule has 0 bridgehead atoms. The Morgan fingerprint density at radius 2 is 2.16 bits per heavy atom. The van der Waals surface area contributed by atoms with E-state index in [1.807, 2.05) is 0 Å². The molecule has 25 heavy (non-hydrogen) atoms. The van der Waals surface area contributed by atoms with E-state index in [9.17, 15) is 18.0 Å². The topological polar surface area (TPSA) is 81.9 Å². The molecule has 3 rings (SSSR count). The first-order valence-electron chi connectivity index (χ1n) is 6.84. The van der Waals surface area contributed by atoms with Crippen LogP contribution in [0.3, 0.4) is 0 Å². The SMILES string of the molecule is O=C(Nc1cccc(OCC(F)(F)F)c1)c1sccc1-n1cnnn1. The van der Waals surface area contributed by atoms with Crippen molar-refractivity contribution in [2.45, 2.75) is 6.18 Å². The predicted octanol–water partition coefficient (Wildman–Crippen LogP) is 2.92. The number of thiophene rings is 1. The molecule has 0 unspecified atom stereocenters. The number of hydrogen-bond donors (Lipinski definition) is 1. The number of aromatic nitrogens is 4. The zero-order valence-electron chi connectivity index (χ0n) is 12.4. The van der Waals surface area contributed by atoms with Gasteiger partial charge in [0.2, 0.25) is 0 Å². The molecule has 0 saturated heterocycles. The molecular formula is C14H10F3N5O2S. The number of alkyl halides is 3. The maximum absolute atomic E-state index is 12.4. The lowest BCUT2D eigenvalue weighted by Gasteiger charge is -2.11. The van der Waals surface area contributed by atoms with E-state index in [0.717, 1.165) is 0 Å². The molecule has 0 aliphatic heterocycles. The monoisotopic (exact) mass is 369 g/mol. The van der Waals surface area contributed by atoms with Crippen molar-refractivity contribution >= 4 is 22.9 Å². The smallest absolute Gasteiger partial charge is 0.422 e. The summed E-state index contributed by atoms with van der Waals surface area (Å²) in [7, 11) is 0. The van der Waals surface area contributed by atoms with Gasteiger partial charge in [-0.1, -0.05) is 6.07 Å². The number of benzene rings is 1. The van der Waals surface area contributed by atoms with Crippen molar-refractivity contribution in [3.8, 4) is 11.4 Å². The van der Waals surface area contributed by atoms with E-state index in [2.05, 4.69) is 25.6 Å². The average molecular weight is 369 g/mol. The zero-order valence-corrected chi connectivity index (χ0v) is 13.2. The van der Waals surface area contributed by atoms with Gasteiger partial charge in [0, 0.05) is 11.8 Å². The third-order valence-electron chi connectivity index (χ3n) is 2.94. The number of carbonyl (C=O) groups is 1. The summed E-state index contributed by atoms with van der Waals surface area (Å²) in [6, 6.07) is 7.40. The Kier molecular flexibility index (Phi) is 4.65. The second kappa shape index (κ2) is 6.89. The first kappa shape index (κ1) is 16.9. The van der Waals surface area contributed by atoms with Gasteiger partial charge >= 0.3 is 6.18 Å². The predicted molar refractivity (Wildman–Crippen MR) is 83.0 cm³/mol. The lowest BCUT2D eigenvalue weighted by Crippen LogP contribution is -2.19. The standard InChI is InChI=1S/C14H10F3N5O2S/c15-14(16,17)7-24-10-3-1-2-9(6-10)19-13(23)12-11(4-5-25-12)22-8-18-20-21-22/h1-6,8H,7H2,(H,19,23). The molecule has 1 amide bonds. The molecule has 1 aromatic carbocycles. The summed E-state index contributed by atoms with van der Waals surface area (Å²) in [4.78, 5) is 12.8. The van der Waals surface area contributed by atoms with Gasteiger partial charge in [-0.15, -0.1) is 16.4 Å². The Bertz CT molecular complexity index is 863. The van der Waals surface area contributed by atoms with Crippen LogP contribution in [0.15, 0.2) is 42.0 Å². The maximum Gasteiger partial charge on any atom is 0.422 e. The summed E-state index contributed by atoms with van der Waals surface area (Å²) in [5.74, 6) is -0.435. The minimum atomic E-state index is -4.43. The van der Waals surface area contributed by atoms with Gasteiger partial charge in [-0.05, 0) is 34.0 Å². The van der Waals surface area contributed by atoms with Gasteiger partial charge in [-0.2, -0.15) is 17.9 Å². The Labute approximate surface area is 143 Å². The summed E-state index contributed by atoms with van der Waals surface area (Å²) < 4.78 is 42.6. The number of nitrogens with zero attached hydrogens (tertiary/aromatic N) is 4. The average Bonchev–Trinajstić information content (AvgIpc) is 3.23. The Hall–Kier alpha value is -2.95. The van der Waals surface area contributed by atoms with E-state index in [1.165, 1.54) is 40.5 Å². The fraction of sp³-hybridized carbons (Fsp3) is 0.143. The van der Waals surface area contributed by atoms with E-state index in [1.54, 1.807) is 17.5 Å². The van der Waals surface area contributed by atoms with Gasteiger partial charge in [-0.25, -0.2) is 0 Å². The highest BCUT2D eigenvalue weighted by atomic mass is 32.1. The number of anilines is 1.